The number of nitrogens with zero attached hydrogens (tertiary/aromatic N) is 2. The van der Waals surface area contributed by atoms with Crippen LogP contribution < -0.4 is 25.6 Å². The van der Waals surface area contributed by atoms with Gasteiger partial charge in [0.05, 0.1) is 16.3 Å². The fraction of sp³-hybridized carbons (Fsp3) is 0.448. The maximum Gasteiger partial charge on any atom is 0.326 e. The number of likely N-dealkylation sites (tertiary alicyclic amines) is 1. The predicted molar refractivity (Wildman–Crippen MR) is 150 cm³/mol. The molecular weight excluding hydrogens is 498 g/mol. The number of nitrogens with one attached hydrogen (secondary N) is 3. The maximum absolute atomic E-state index is 13.6. The second-order valence-corrected chi connectivity index (χ2v) is 12.0. The smallest absolute Gasteiger partial charge is 0.326 e. The van der Waals surface area contributed by atoms with Crippen molar-refractivity contribution < 1.29 is 14.3 Å². The third-order valence-corrected chi connectivity index (χ3v) is 9.31. The number of aryl methyl sites for hydroxylation is 2. The van der Waals surface area contributed by atoms with Crippen LogP contribution >= 0.6 is 11.8 Å². The third kappa shape index (κ3) is 4.79. The van der Waals surface area contributed by atoms with Crippen LogP contribution in [0.25, 0.3) is 0 Å². The number of thioether (sulfide) groups is 1. The van der Waals surface area contributed by atoms with E-state index in [1.54, 1.807) is 11.8 Å². The summed E-state index contributed by atoms with van der Waals surface area (Å²) >= 11 is 1.56. The van der Waals surface area contributed by atoms with Crippen molar-refractivity contribution in [1.82, 2.24) is 20.9 Å². The second kappa shape index (κ2) is 10.3. The summed E-state index contributed by atoms with van der Waals surface area (Å²) in [6.45, 7) is 6.77. The van der Waals surface area contributed by atoms with Crippen LogP contribution in [0.1, 0.15) is 30.4 Å². The lowest BCUT2D eigenvalue weighted by atomic mass is 9.86. The first-order chi connectivity index (χ1) is 18.4. The summed E-state index contributed by atoms with van der Waals surface area (Å²) < 4.78 is 6.08. The summed E-state index contributed by atoms with van der Waals surface area (Å²) in [5.74, 6) is 1.49. The molecule has 3 amide bonds. The molecule has 0 aromatic heterocycles. The first kappa shape index (κ1) is 25.3. The maximum atomic E-state index is 13.6. The molecule has 3 unspecified atom stereocenters. The van der Waals surface area contributed by atoms with Crippen molar-refractivity contribution in [3.05, 3.63) is 64.2 Å². The Bertz CT molecular complexity index is 1300. The summed E-state index contributed by atoms with van der Waals surface area (Å²) in [5, 5.41) is 10.0. The molecule has 0 radical (unpaired) electrons. The molecule has 6 rings (SSSR count). The van der Waals surface area contributed by atoms with Crippen LogP contribution in [0.5, 0.6) is 11.5 Å². The van der Waals surface area contributed by atoms with Gasteiger partial charge in [-0.25, -0.2) is 4.79 Å². The number of urea groups is 1. The highest BCUT2D eigenvalue weighted by Gasteiger charge is 2.52. The first-order valence-electron chi connectivity index (χ1n) is 13.5. The number of rotatable bonds is 5. The van der Waals surface area contributed by atoms with E-state index in [0.717, 1.165) is 72.9 Å². The standard InChI is InChI=1S/C29H35N5O3S/c1-17-6-4-8-20(14-17)37-21-9-10-22(18(2)15-21)34-23-11-12-30-28-24(23)25(32-29(34)36)26(38-28)27(35)31-19-7-5-13-33(3)16-19/h4,6,8-10,14-15,19,23-24,28,30H,5,7,11-13,16H2,1-3H3,(H,31,35)(H,32,36)/t19-,23?,24?,28?/m1/s1. The van der Waals surface area contributed by atoms with Crippen LogP contribution in [-0.2, 0) is 4.79 Å². The number of likely N-dealkylation sites (N-methyl/N-ethyl adjacent to an activating group) is 1. The van der Waals surface area contributed by atoms with Crippen LogP contribution in [0, 0.1) is 19.8 Å². The fourth-order valence-corrected chi connectivity index (χ4v) is 7.61. The molecule has 4 aliphatic rings. The molecular formula is C29H35N5O3S. The number of anilines is 1. The largest absolute Gasteiger partial charge is 0.457 e. The van der Waals surface area contributed by atoms with Gasteiger partial charge >= 0.3 is 6.03 Å². The molecule has 2 aromatic rings. The summed E-state index contributed by atoms with van der Waals surface area (Å²) in [4.78, 5) is 31.8. The Morgan fingerprint density at radius 1 is 1.13 bits per heavy atom. The molecule has 3 N–H and O–H groups in total. The molecule has 4 heterocycles. The van der Waals surface area contributed by atoms with Crippen LogP contribution in [0.2, 0.25) is 0 Å². The van der Waals surface area contributed by atoms with Crippen LogP contribution in [0.3, 0.4) is 0 Å². The Balaban J connectivity index is 1.24. The zero-order valence-electron chi connectivity index (χ0n) is 22.1. The molecule has 200 valence electrons. The zero-order valence-corrected chi connectivity index (χ0v) is 22.9. The van der Waals surface area contributed by atoms with Crippen molar-refractivity contribution >= 4 is 29.4 Å². The Hall–Kier alpha value is -3.01. The highest BCUT2D eigenvalue weighted by atomic mass is 32.2. The molecule has 38 heavy (non-hydrogen) atoms. The van der Waals surface area contributed by atoms with Crippen LogP contribution in [0.15, 0.2) is 53.1 Å². The zero-order chi connectivity index (χ0) is 26.4. The molecule has 8 nitrogen and oxygen atoms in total. The molecule has 3 fully saturated rings. The van der Waals surface area contributed by atoms with E-state index in [-0.39, 0.29) is 35.3 Å². The summed E-state index contributed by atoms with van der Waals surface area (Å²) in [6, 6.07) is 13.8. The highest BCUT2D eigenvalue weighted by molar-refractivity contribution is 8.04. The van der Waals surface area contributed by atoms with Gasteiger partial charge in [-0.2, -0.15) is 0 Å². The average Bonchev–Trinajstić information content (AvgIpc) is 3.25. The number of ether oxygens (including phenoxy) is 1. The van der Waals surface area contributed by atoms with Crippen molar-refractivity contribution in [2.45, 2.75) is 50.6 Å². The molecule has 0 aliphatic carbocycles. The van der Waals surface area contributed by atoms with Gasteiger partial charge in [0.1, 0.15) is 11.5 Å². The Kier molecular flexibility index (Phi) is 6.84. The number of carbonyl (C=O) groups excluding carboxylic acids is 2. The van der Waals surface area contributed by atoms with Gasteiger partial charge in [-0.15, -0.1) is 0 Å². The van der Waals surface area contributed by atoms with Gasteiger partial charge in [-0.1, -0.05) is 23.9 Å². The molecule has 0 spiro atoms. The monoisotopic (exact) mass is 533 g/mol. The van der Waals surface area contributed by atoms with Crippen molar-refractivity contribution in [3.63, 3.8) is 0 Å². The minimum absolute atomic E-state index is 0.0224. The minimum Gasteiger partial charge on any atom is -0.457 e. The van der Waals surface area contributed by atoms with E-state index in [0.29, 0.717) is 4.91 Å². The number of hydrogen-bond acceptors (Lipinski definition) is 6. The molecule has 0 bridgehead atoms. The summed E-state index contributed by atoms with van der Waals surface area (Å²) in [6.07, 6.45) is 2.89. The number of amides is 3. The van der Waals surface area contributed by atoms with Gasteiger partial charge < -0.3 is 25.6 Å². The Labute approximate surface area is 228 Å². The first-order valence-corrected chi connectivity index (χ1v) is 14.3. The lowest BCUT2D eigenvalue weighted by Gasteiger charge is -2.46. The highest BCUT2D eigenvalue weighted by Crippen LogP contribution is 2.48. The minimum atomic E-state index is -0.178. The van der Waals surface area contributed by atoms with Crippen molar-refractivity contribution in [1.29, 1.82) is 0 Å². The molecule has 3 saturated heterocycles. The number of piperidine rings is 2. The van der Waals surface area contributed by atoms with Gasteiger partial charge in [-0.05, 0) is 94.7 Å². The molecule has 4 atom stereocenters. The normalized spacial score (nSPS) is 27.1. The van der Waals surface area contributed by atoms with E-state index in [4.69, 9.17) is 4.74 Å². The lowest BCUT2D eigenvalue weighted by Crippen LogP contribution is -2.62. The number of hydrogen-bond donors (Lipinski definition) is 3. The van der Waals surface area contributed by atoms with Crippen molar-refractivity contribution in [2.24, 2.45) is 5.92 Å². The molecule has 9 heteroatoms. The third-order valence-electron chi connectivity index (χ3n) is 7.96. The average molecular weight is 534 g/mol. The van der Waals surface area contributed by atoms with Crippen LogP contribution in [0.4, 0.5) is 10.5 Å². The van der Waals surface area contributed by atoms with Gasteiger partial charge in [0.15, 0.2) is 0 Å². The van der Waals surface area contributed by atoms with Gasteiger partial charge in [0, 0.05) is 29.9 Å². The van der Waals surface area contributed by atoms with E-state index >= 15 is 0 Å². The predicted octanol–water partition coefficient (Wildman–Crippen LogP) is 4.10. The van der Waals surface area contributed by atoms with Gasteiger partial charge in [-0.3, -0.25) is 9.69 Å². The van der Waals surface area contributed by atoms with Crippen molar-refractivity contribution in [3.8, 4) is 11.5 Å². The Morgan fingerprint density at radius 3 is 2.76 bits per heavy atom. The summed E-state index contributed by atoms with van der Waals surface area (Å²) in [7, 11) is 2.09. The van der Waals surface area contributed by atoms with Gasteiger partial charge in [0.2, 0.25) is 0 Å². The van der Waals surface area contributed by atoms with Crippen LogP contribution in [-0.4, -0.2) is 61.0 Å². The van der Waals surface area contributed by atoms with E-state index in [1.807, 2.05) is 61.2 Å². The lowest BCUT2D eigenvalue weighted by molar-refractivity contribution is -0.117. The van der Waals surface area contributed by atoms with E-state index in [2.05, 4.69) is 27.9 Å². The Morgan fingerprint density at radius 2 is 1.97 bits per heavy atom. The molecule has 2 aromatic carbocycles. The van der Waals surface area contributed by atoms with E-state index < -0.39 is 0 Å². The van der Waals surface area contributed by atoms with E-state index in [9.17, 15) is 9.59 Å². The van der Waals surface area contributed by atoms with Gasteiger partial charge in [0.25, 0.3) is 5.91 Å². The second-order valence-electron chi connectivity index (χ2n) is 10.9. The summed E-state index contributed by atoms with van der Waals surface area (Å²) in [5.41, 5.74) is 3.76. The van der Waals surface area contributed by atoms with E-state index in [1.165, 1.54) is 0 Å². The quantitative estimate of drug-likeness (QED) is 0.537. The molecule has 0 saturated carbocycles. The van der Waals surface area contributed by atoms with Crippen molar-refractivity contribution in [2.75, 3.05) is 31.6 Å². The SMILES string of the molecule is Cc1cccc(Oc2ccc(N3C(=O)NC4=C(C(=O)N[C@@H]5CCCN(C)C5)SC5NCCC3C45)c(C)c2)c1. The number of benzene rings is 2. The number of carbonyl (C=O) groups is 2. The fourth-order valence-electron chi connectivity index (χ4n) is 6.21. The topological polar surface area (TPSA) is 85.9 Å². The molecule has 4 aliphatic heterocycles.